The summed E-state index contributed by atoms with van der Waals surface area (Å²) in [6, 6.07) is 3.69. The van der Waals surface area contributed by atoms with E-state index in [1.165, 1.54) is 32.4 Å². The van der Waals surface area contributed by atoms with Gasteiger partial charge in [0.25, 0.3) is 0 Å². The van der Waals surface area contributed by atoms with E-state index in [1.807, 2.05) is 6.92 Å². The molecule has 0 spiro atoms. The summed E-state index contributed by atoms with van der Waals surface area (Å²) in [4.78, 5) is 11.7. The zero-order chi connectivity index (χ0) is 17.5. The molecule has 0 aliphatic carbocycles. The number of halogens is 1. The van der Waals surface area contributed by atoms with Crippen LogP contribution < -0.4 is 15.2 Å². The number of carbonyl (C=O) groups excluding carboxylic acids is 1. The van der Waals surface area contributed by atoms with Crippen molar-refractivity contribution in [3.05, 3.63) is 23.8 Å². The van der Waals surface area contributed by atoms with Gasteiger partial charge in [-0.2, -0.15) is 0 Å². The quantitative estimate of drug-likeness (QED) is 0.631. The van der Waals surface area contributed by atoms with Gasteiger partial charge in [-0.1, -0.05) is 19.8 Å². The van der Waals surface area contributed by atoms with Gasteiger partial charge in [0.05, 0.1) is 19.1 Å². The van der Waals surface area contributed by atoms with E-state index in [0.717, 1.165) is 12.8 Å². The molecule has 9 heteroatoms. The summed E-state index contributed by atoms with van der Waals surface area (Å²) >= 11 is 0. The van der Waals surface area contributed by atoms with Crippen LogP contribution in [0, 0.1) is 0 Å². The molecule has 24 heavy (non-hydrogen) atoms. The predicted octanol–water partition coefficient (Wildman–Crippen LogP) is 1.70. The fourth-order valence-electron chi connectivity index (χ4n) is 2.09. The van der Waals surface area contributed by atoms with Gasteiger partial charge in [-0.05, 0) is 24.6 Å². The Bertz CT molecular complexity index is 637. The van der Waals surface area contributed by atoms with Gasteiger partial charge in [0.1, 0.15) is 11.3 Å². The molecule has 0 radical (unpaired) electrons. The highest BCUT2D eigenvalue weighted by Crippen LogP contribution is 2.23. The average molecular weight is 381 g/mol. The van der Waals surface area contributed by atoms with Crippen LogP contribution in [0.15, 0.2) is 23.1 Å². The van der Waals surface area contributed by atoms with E-state index in [-0.39, 0.29) is 41.2 Å². The number of sulfonamides is 1. The number of unbranched alkanes of at least 4 members (excludes halogenated alkanes) is 1. The van der Waals surface area contributed by atoms with E-state index in [0.29, 0.717) is 6.42 Å². The van der Waals surface area contributed by atoms with E-state index in [1.54, 1.807) is 0 Å². The fourth-order valence-corrected chi connectivity index (χ4v) is 3.40. The molecular formula is C15H25ClN2O5S. The van der Waals surface area contributed by atoms with Crippen LogP contribution in [-0.2, 0) is 14.8 Å². The van der Waals surface area contributed by atoms with Gasteiger partial charge in [0.2, 0.25) is 10.0 Å². The summed E-state index contributed by atoms with van der Waals surface area (Å²) in [7, 11) is -1.17. The van der Waals surface area contributed by atoms with Crippen molar-refractivity contribution in [2.75, 3.05) is 20.8 Å². The standard InChI is InChI=1S/C15H24N2O5S.ClH/c1-4-5-6-11(10-16)17-23(19,20)12-7-8-14(21-2)13(9-12)15(18)22-3;/h7-9,11,17H,4-6,10,16H2,1-3H3;1H. The SMILES string of the molecule is CCCCC(CN)NS(=O)(=O)c1ccc(OC)c(C(=O)OC)c1.Cl. The predicted molar refractivity (Wildman–Crippen MR) is 94.3 cm³/mol. The first kappa shape index (κ1) is 22.6. The molecule has 0 aliphatic rings. The molecule has 138 valence electrons. The Morgan fingerprint density at radius 3 is 2.50 bits per heavy atom. The molecule has 1 aromatic rings. The second-order valence-corrected chi connectivity index (χ2v) is 6.76. The van der Waals surface area contributed by atoms with Crippen LogP contribution in [0.1, 0.15) is 36.5 Å². The maximum atomic E-state index is 12.5. The molecule has 0 bridgehead atoms. The summed E-state index contributed by atoms with van der Waals surface area (Å²) in [5, 5.41) is 0. The number of esters is 1. The van der Waals surface area contributed by atoms with Gasteiger partial charge >= 0.3 is 5.97 Å². The molecule has 1 rings (SSSR count). The normalized spacial score (nSPS) is 12.2. The highest BCUT2D eigenvalue weighted by atomic mass is 35.5. The molecule has 0 amide bonds. The number of nitrogens with one attached hydrogen (secondary N) is 1. The Balaban J connectivity index is 0.00000529. The van der Waals surface area contributed by atoms with Crippen molar-refractivity contribution in [1.29, 1.82) is 0 Å². The fraction of sp³-hybridized carbons (Fsp3) is 0.533. The van der Waals surface area contributed by atoms with Crippen molar-refractivity contribution >= 4 is 28.4 Å². The molecule has 0 aliphatic heterocycles. The number of methoxy groups -OCH3 is 2. The first-order chi connectivity index (χ1) is 10.9. The van der Waals surface area contributed by atoms with E-state index in [4.69, 9.17) is 10.5 Å². The summed E-state index contributed by atoms with van der Waals surface area (Å²) < 4.78 is 37.2. The molecule has 1 aromatic carbocycles. The topological polar surface area (TPSA) is 108 Å². The minimum Gasteiger partial charge on any atom is -0.496 e. The molecule has 0 saturated carbocycles. The van der Waals surface area contributed by atoms with Crippen LogP contribution in [0.25, 0.3) is 0 Å². The number of ether oxygens (including phenoxy) is 2. The smallest absolute Gasteiger partial charge is 0.341 e. The third-order valence-corrected chi connectivity index (χ3v) is 4.92. The minimum atomic E-state index is -3.78. The molecular weight excluding hydrogens is 356 g/mol. The highest BCUT2D eigenvalue weighted by molar-refractivity contribution is 7.89. The molecule has 1 atom stereocenters. The van der Waals surface area contributed by atoms with Crippen LogP contribution in [0.3, 0.4) is 0 Å². The van der Waals surface area contributed by atoms with E-state index >= 15 is 0 Å². The number of carbonyl (C=O) groups is 1. The van der Waals surface area contributed by atoms with Crippen LogP contribution in [0.5, 0.6) is 5.75 Å². The van der Waals surface area contributed by atoms with E-state index in [2.05, 4.69) is 9.46 Å². The van der Waals surface area contributed by atoms with Crippen molar-refractivity contribution in [3.63, 3.8) is 0 Å². The maximum absolute atomic E-state index is 12.5. The lowest BCUT2D eigenvalue weighted by atomic mass is 10.1. The van der Waals surface area contributed by atoms with Gasteiger partial charge in [-0.15, -0.1) is 12.4 Å². The molecule has 7 nitrogen and oxygen atoms in total. The van der Waals surface area contributed by atoms with Crippen molar-refractivity contribution in [3.8, 4) is 5.75 Å². The Morgan fingerprint density at radius 1 is 1.33 bits per heavy atom. The van der Waals surface area contributed by atoms with Gasteiger partial charge in [-0.25, -0.2) is 17.9 Å². The molecule has 1 unspecified atom stereocenters. The second-order valence-electron chi connectivity index (χ2n) is 5.05. The van der Waals surface area contributed by atoms with Crippen molar-refractivity contribution in [1.82, 2.24) is 4.72 Å². The lowest BCUT2D eigenvalue weighted by Gasteiger charge is -2.17. The van der Waals surface area contributed by atoms with Crippen molar-refractivity contribution in [2.24, 2.45) is 5.73 Å². The van der Waals surface area contributed by atoms with Gasteiger partial charge < -0.3 is 15.2 Å². The summed E-state index contributed by atoms with van der Waals surface area (Å²) in [5.41, 5.74) is 5.67. The monoisotopic (exact) mass is 380 g/mol. The largest absolute Gasteiger partial charge is 0.496 e. The van der Waals surface area contributed by atoms with E-state index in [9.17, 15) is 13.2 Å². The number of hydrogen-bond acceptors (Lipinski definition) is 6. The summed E-state index contributed by atoms with van der Waals surface area (Å²) in [6.45, 7) is 2.23. The van der Waals surface area contributed by atoms with Crippen molar-refractivity contribution in [2.45, 2.75) is 37.1 Å². The Hall–Kier alpha value is -1.35. The number of benzene rings is 1. The number of nitrogens with two attached hydrogens (primary N) is 1. The first-order valence-electron chi connectivity index (χ1n) is 7.38. The van der Waals surface area contributed by atoms with E-state index < -0.39 is 16.0 Å². The van der Waals surface area contributed by atoms with Crippen molar-refractivity contribution < 1.29 is 22.7 Å². The highest BCUT2D eigenvalue weighted by Gasteiger charge is 2.22. The lowest BCUT2D eigenvalue weighted by Crippen LogP contribution is -2.40. The number of rotatable bonds is 9. The van der Waals surface area contributed by atoms with Crippen LogP contribution in [-0.4, -0.2) is 41.2 Å². The molecule has 0 fully saturated rings. The zero-order valence-electron chi connectivity index (χ0n) is 14.1. The average Bonchev–Trinajstić information content (AvgIpc) is 2.56. The summed E-state index contributed by atoms with van der Waals surface area (Å²) in [6.07, 6.45) is 2.49. The second kappa shape index (κ2) is 10.5. The third kappa shape index (κ3) is 5.94. The lowest BCUT2D eigenvalue weighted by molar-refractivity contribution is 0.0597. The first-order valence-corrected chi connectivity index (χ1v) is 8.86. The van der Waals surface area contributed by atoms with Crippen LogP contribution in [0.4, 0.5) is 0 Å². The minimum absolute atomic E-state index is 0. The van der Waals surface area contributed by atoms with Gasteiger partial charge in [0.15, 0.2) is 0 Å². The molecule has 0 heterocycles. The Kier molecular flexibility index (Phi) is 9.91. The molecule has 0 aromatic heterocycles. The van der Waals surface area contributed by atoms with Crippen LogP contribution in [0.2, 0.25) is 0 Å². The number of hydrogen-bond donors (Lipinski definition) is 2. The molecule has 0 saturated heterocycles. The van der Waals surface area contributed by atoms with Gasteiger partial charge in [0, 0.05) is 12.6 Å². The Labute approximate surface area is 149 Å². The third-order valence-electron chi connectivity index (χ3n) is 3.40. The zero-order valence-corrected chi connectivity index (χ0v) is 15.7. The Morgan fingerprint density at radius 2 is 2.00 bits per heavy atom. The summed E-state index contributed by atoms with van der Waals surface area (Å²) in [5.74, 6) is -0.419. The molecule has 3 N–H and O–H groups in total. The van der Waals surface area contributed by atoms with Gasteiger partial charge in [-0.3, -0.25) is 0 Å². The maximum Gasteiger partial charge on any atom is 0.341 e. The van der Waals surface area contributed by atoms with Crippen LogP contribution >= 0.6 is 12.4 Å².